The lowest BCUT2D eigenvalue weighted by atomic mass is 10.2. The number of tetrazole rings is 1. The third-order valence-corrected chi connectivity index (χ3v) is 4.99. The third-order valence-electron chi connectivity index (χ3n) is 3.02. The Labute approximate surface area is 151 Å². The molecule has 0 saturated heterocycles. The van der Waals surface area contributed by atoms with Gasteiger partial charge in [0.05, 0.1) is 11.4 Å². The first-order chi connectivity index (χ1) is 11.7. The number of hydrogen-bond acceptors (Lipinski definition) is 7. The molecule has 24 heavy (non-hydrogen) atoms. The number of thiazole rings is 1. The van der Waals surface area contributed by atoms with Gasteiger partial charge in [0.15, 0.2) is 5.13 Å². The molecule has 0 aliphatic rings. The SMILES string of the molecule is CCn1nnnc1SCC(=O)Nc1nc(-c2ccc(Cl)cc2)cs1. The fourth-order valence-corrected chi connectivity index (χ4v) is 3.47. The van der Waals surface area contributed by atoms with E-state index in [-0.39, 0.29) is 11.7 Å². The van der Waals surface area contributed by atoms with Crippen molar-refractivity contribution >= 4 is 45.7 Å². The molecular formula is C14H13ClN6OS2. The number of aromatic nitrogens is 5. The number of benzene rings is 1. The van der Waals surface area contributed by atoms with E-state index >= 15 is 0 Å². The fourth-order valence-electron chi connectivity index (χ4n) is 1.87. The molecule has 7 nitrogen and oxygen atoms in total. The van der Waals surface area contributed by atoms with Crippen LogP contribution in [0.15, 0.2) is 34.8 Å². The number of aryl methyl sites for hydroxylation is 1. The number of amides is 1. The summed E-state index contributed by atoms with van der Waals surface area (Å²) in [6.45, 7) is 2.60. The highest BCUT2D eigenvalue weighted by atomic mass is 35.5. The topological polar surface area (TPSA) is 85.6 Å². The lowest BCUT2D eigenvalue weighted by Gasteiger charge is -2.02. The van der Waals surface area contributed by atoms with Crippen LogP contribution in [0.5, 0.6) is 0 Å². The molecule has 0 radical (unpaired) electrons. The lowest BCUT2D eigenvalue weighted by molar-refractivity contribution is -0.113. The van der Waals surface area contributed by atoms with Crippen molar-refractivity contribution in [2.45, 2.75) is 18.6 Å². The van der Waals surface area contributed by atoms with E-state index in [9.17, 15) is 4.79 Å². The van der Waals surface area contributed by atoms with Crippen LogP contribution >= 0.6 is 34.7 Å². The van der Waals surface area contributed by atoms with Crippen molar-refractivity contribution in [1.82, 2.24) is 25.2 Å². The van der Waals surface area contributed by atoms with Gasteiger partial charge in [-0.1, -0.05) is 35.5 Å². The van der Waals surface area contributed by atoms with E-state index < -0.39 is 0 Å². The predicted octanol–water partition coefficient (Wildman–Crippen LogP) is 3.20. The molecule has 0 atom stereocenters. The summed E-state index contributed by atoms with van der Waals surface area (Å²) in [4.78, 5) is 16.5. The van der Waals surface area contributed by atoms with Crippen LogP contribution in [-0.2, 0) is 11.3 Å². The zero-order valence-corrected chi connectivity index (χ0v) is 15.0. The Morgan fingerprint density at radius 2 is 2.17 bits per heavy atom. The van der Waals surface area contributed by atoms with Gasteiger partial charge in [-0.15, -0.1) is 16.4 Å². The van der Waals surface area contributed by atoms with E-state index in [2.05, 4.69) is 25.8 Å². The summed E-state index contributed by atoms with van der Waals surface area (Å²) in [6, 6.07) is 7.40. The Hall–Kier alpha value is -1.97. The Kier molecular flexibility index (Phi) is 5.44. The molecule has 0 saturated carbocycles. The maximum atomic E-state index is 12.0. The van der Waals surface area contributed by atoms with Gasteiger partial charge in [0.25, 0.3) is 0 Å². The maximum Gasteiger partial charge on any atom is 0.236 e. The largest absolute Gasteiger partial charge is 0.301 e. The van der Waals surface area contributed by atoms with Crippen LogP contribution in [0.2, 0.25) is 5.02 Å². The van der Waals surface area contributed by atoms with Gasteiger partial charge < -0.3 is 5.32 Å². The van der Waals surface area contributed by atoms with Crippen molar-refractivity contribution in [2.24, 2.45) is 0 Å². The standard InChI is InChI=1S/C14H13ClN6OS2/c1-2-21-14(18-19-20-21)24-8-12(22)17-13-16-11(7-23-13)9-3-5-10(15)6-4-9/h3-7H,2,8H2,1H3,(H,16,17,22). The van der Waals surface area contributed by atoms with E-state index in [0.29, 0.717) is 21.9 Å². The number of carbonyl (C=O) groups excluding carboxylic acids is 1. The number of nitrogens with zero attached hydrogens (tertiary/aromatic N) is 5. The van der Waals surface area contributed by atoms with E-state index in [1.165, 1.54) is 23.1 Å². The first-order valence-electron chi connectivity index (χ1n) is 7.06. The highest BCUT2D eigenvalue weighted by Crippen LogP contribution is 2.26. The summed E-state index contributed by atoms with van der Waals surface area (Å²) in [6.07, 6.45) is 0. The van der Waals surface area contributed by atoms with Gasteiger partial charge in [-0.25, -0.2) is 9.67 Å². The molecule has 0 bridgehead atoms. The molecule has 1 N–H and O–H groups in total. The molecule has 2 aromatic heterocycles. The van der Waals surface area contributed by atoms with Crippen molar-refractivity contribution in [3.63, 3.8) is 0 Å². The molecule has 3 rings (SSSR count). The quantitative estimate of drug-likeness (QED) is 0.661. The monoisotopic (exact) mass is 380 g/mol. The zero-order valence-electron chi connectivity index (χ0n) is 12.6. The number of nitrogens with one attached hydrogen (secondary N) is 1. The van der Waals surface area contributed by atoms with Gasteiger partial charge in [-0.05, 0) is 29.5 Å². The van der Waals surface area contributed by atoms with Gasteiger partial charge in [0, 0.05) is 22.5 Å². The second-order valence-electron chi connectivity index (χ2n) is 4.66. The van der Waals surface area contributed by atoms with Crippen LogP contribution < -0.4 is 5.32 Å². The normalized spacial score (nSPS) is 10.8. The van der Waals surface area contributed by atoms with E-state index in [1.807, 2.05) is 36.6 Å². The number of rotatable bonds is 6. The number of thioether (sulfide) groups is 1. The van der Waals surface area contributed by atoms with Crippen LogP contribution in [0.25, 0.3) is 11.3 Å². The molecule has 0 unspecified atom stereocenters. The summed E-state index contributed by atoms with van der Waals surface area (Å²) in [5.41, 5.74) is 1.75. The molecule has 124 valence electrons. The van der Waals surface area contributed by atoms with Gasteiger partial charge in [0.2, 0.25) is 11.1 Å². The summed E-state index contributed by atoms with van der Waals surface area (Å²) in [5, 5.41) is 17.8. The molecular weight excluding hydrogens is 368 g/mol. The van der Waals surface area contributed by atoms with Crippen molar-refractivity contribution in [3.8, 4) is 11.3 Å². The van der Waals surface area contributed by atoms with Crippen molar-refractivity contribution in [1.29, 1.82) is 0 Å². The average Bonchev–Trinajstić information content (AvgIpc) is 3.22. The lowest BCUT2D eigenvalue weighted by Crippen LogP contribution is -2.14. The Morgan fingerprint density at radius 1 is 1.38 bits per heavy atom. The highest BCUT2D eigenvalue weighted by molar-refractivity contribution is 7.99. The molecule has 0 spiro atoms. The van der Waals surface area contributed by atoms with E-state index in [0.717, 1.165) is 11.3 Å². The minimum Gasteiger partial charge on any atom is -0.301 e. The highest BCUT2D eigenvalue weighted by Gasteiger charge is 2.11. The maximum absolute atomic E-state index is 12.0. The minimum absolute atomic E-state index is 0.150. The van der Waals surface area contributed by atoms with Crippen molar-refractivity contribution < 1.29 is 4.79 Å². The zero-order chi connectivity index (χ0) is 16.9. The molecule has 1 amide bonds. The molecule has 0 fully saturated rings. The average molecular weight is 381 g/mol. The summed E-state index contributed by atoms with van der Waals surface area (Å²) in [5.74, 6) is 0.0682. The molecule has 2 heterocycles. The van der Waals surface area contributed by atoms with Crippen molar-refractivity contribution in [3.05, 3.63) is 34.7 Å². The van der Waals surface area contributed by atoms with Gasteiger partial charge in [-0.3, -0.25) is 4.79 Å². The minimum atomic E-state index is -0.150. The molecule has 0 aliphatic heterocycles. The Morgan fingerprint density at radius 3 is 2.92 bits per heavy atom. The van der Waals surface area contributed by atoms with Gasteiger partial charge in [-0.2, -0.15) is 0 Å². The molecule has 0 aliphatic carbocycles. The first-order valence-corrected chi connectivity index (χ1v) is 9.30. The van der Waals surface area contributed by atoms with Gasteiger partial charge >= 0.3 is 0 Å². The van der Waals surface area contributed by atoms with Crippen LogP contribution in [0.3, 0.4) is 0 Å². The fraction of sp³-hybridized carbons (Fsp3) is 0.214. The van der Waals surface area contributed by atoms with E-state index in [4.69, 9.17) is 11.6 Å². The van der Waals surface area contributed by atoms with Crippen LogP contribution in [0, 0.1) is 0 Å². The Balaban J connectivity index is 1.58. The summed E-state index contributed by atoms with van der Waals surface area (Å²) >= 11 is 8.54. The molecule has 3 aromatic rings. The number of anilines is 1. The smallest absolute Gasteiger partial charge is 0.236 e. The predicted molar refractivity (Wildman–Crippen MR) is 95.4 cm³/mol. The number of carbonyl (C=O) groups is 1. The second-order valence-corrected chi connectivity index (χ2v) is 6.90. The third kappa shape index (κ3) is 4.11. The Bertz CT molecular complexity index is 832. The van der Waals surface area contributed by atoms with Crippen LogP contribution in [-0.4, -0.2) is 36.9 Å². The molecule has 10 heteroatoms. The molecule has 1 aromatic carbocycles. The van der Waals surface area contributed by atoms with Gasteiger partial charge in [0.1, 0.15) is 0 Å². The summed E-state index contributed by atoms with van der Waals surface area (Å²) in [7, 11) is 0. The van der Waals surface area contributed by atoms with Crippen molar-refractivity contribution in [2.75, 3.05) is 11.1 Å². The second kappa shape index (κ2) is 7.73. The number of halogens is 1. The number of hydrogen-bond donors (Lipinski definition) is 1. The van der Waals surface area contributed by atoms with E-state index in [1.54, 1.807) is 4.68 Å². The summed E-state index contributed by atoms with van der Waals surface area (Å²) < 4.78 is 1.64. The first kappa shape index (κ1) is 16.9. The van der Waals surface area contributed by atoms with Crippen LogP contribution in [0.1, 0.15) is 6.92 Å². The van der Waals surface area contributed by atoms with Crippen LogP contribution in [0.4, 0.5) is 5.13 Å².